The number of sulfonamides is 1. The molecule has 0 radical (unpaired) electrons. The molecule has 8 heteroatoms. The van der Waals surface area contributed by atoms with E-state index in [0.717, 1.165) is 25.5 Å². The molecule has 114 valence electrons. The van der Waals surface area contributed by atoms with Crippen LogP contribution in [-0.2, 0) is 19.9 Å². The Kier molecular flexibility index (Phi) is 6.22. The Morgan fingerprint density at radius 1 is 1.05 bits per heavy atom. The van der Waals surface area contributed by atoms with E-state index < -0.39 is 19.9 Å². The van der Waals surface area contributed by atoms with Crippen LogP contribution in [0.15, 0.2) is 0 Å². The highest BCUT2D eigenvalue weighted by molar-refractivity contribution is 7.91. The lowest BCUT2D eigenvalue weighted by Gasteiger charge is -2.28. The number of rotatable bonds is 7. The zero-order valence-corrected chi connectivity index (χ0v) is 13.2. The lowest BCUT2D eigenvalue weighted by Crippen LogP contribution is -2.39. The largest absolute Gasteiger partial charge is 0.314 e. The van der Waals surface area contributed by atoms with E-state index in [9.17, 15) is 16.8 Å². The Balaban J connectivity index is 2.23. The first kappa shape index (κ1) is 16.9. The summed E-state index contributed by atoms with van der Waals surface area (Å²) in [7, 11) is -6.06. The van der Waals surface area contributed by atoms with Gasteiger partial charge >= 0.3 is 0 Å². The average Bonchev–Trinajstić information content (AvgIpc) is 2.26. The predicted octanol–water partition coefficient (Wildman–Crippen LogP) is -0.129. The molecule has 1 saturated carbocycles. The molecule has 2 unspecified atom stereocenters. The molecule has 1 aliphatic rings. The molecule has 0 aromatic heterocycles. The van der Waals surface area contributed by atoms with Gasteiger partial charge in [-0.1, -0.05) is 6.42 Å². The number of sulfone groups is 1. The van der Waals surface area contributed by atoms with Gasteiger partial charge in [-0.3, -0.25) is 0 Å². The van der Waals surface area contributed by atoms with Crippen molar-refractivity contribution >= 4 is 19.9 Å². The summed E-state index contributed by atoms with van der Waals surface area (Å²) in [5.74, 6) is 0. The zero-order chi connectivity index (χ0) is 14.5. The minimum absolute atomic E-state index is 0.228. The first-order valence-electron chi connectivity index (χ1n) is 6.55. The molecule has 1 fully saturated rings. The highest BCUT2D eigenvalue weighted by Crippen LogP contribution is 2.23. The fourth-order valence-corrected chi connectivity index (χ4v) is 4.06. The van der Waals surface area contributed by atoms with E-state index in [4.69, 9.17) is 0 Å². The van der Waals surface area contributed by atoms with Crippen LogP contribution in [0.1, 0.15) is 32.1 Å². The predicted molar refractivity (Wildman–Crippen MR) is 76.4 cm³/mol. The Bertz CT molecular complexity index is 473. The smallest absolute Gasteiger partial charge is 0.208 e. The Labute approximate surface area is 116 Å². The normalized spacial score (nSPS) is 25.4. The molecule has 2 atom stereocenters. The van der Waals surface area contributed by atoms with Gasteiger partial charge in [-0.05, 0) is 32.2 Å². The summed E-state index contributed by atoms with van der Waals surface area (Å²) in [4.78, 5) is 0. The van der Waals surface area contributed by atoms with Crippen LogP contribution in [0.2, 0.25) is 0 Å². The Morgan fingerprint density at radius 3 is 2.32 bits per heavy atom. The molecule has 0 heterocycles. The summed E-state index contributed by atoms with van der Waals surface area (Å²) in [5.41, 5.74) is 0. The van der Waals surface area contributed by atoms with Crippen LogP contribution in [0.3, 0.4) is 0 Å². The van der Waals surface area contributed by atoms with E-state index in [2.05, 4.69) is 10.0 Å². The average molecular weight is 312 g/mol. The van der Waals surface area contributed by atoms with E-state index in [1.807, 2.05) is 0 Å². The van der Waals surface area contributed by atoms with E-state index >= 15 is 0 Å². The fourth-order valence-electron chi connectivity index (χ4n) is 2.37. The van der Waals surface area contributed by atoms with Crippen LogP contribution < -0.4 is 10.0 Å². The van der Waals surface area contributed by atoms with E-state index in [-0.39, 0.29) is 11.3 Å². The third-order valence-electron chi connectivity index (χ3n) is 3.38. The van der Waals surface area contributed by atoms with Gasteiger partial charge in [-0.25, -0.2) is 21.6 Å². The van der Waals surface area contributed by atoms with Crippen molar-refractivity contribution in [2.75, 3.05) is 25.6 Å². The first-order chi connectivity index (χ1) is 8.68. The molecule has 0 aliphatic heterocycles. The SMILES string of the molecule is CS(=O)(=O)NCCCNC1CCCC(S(C)(=O)=O)C1. The van der Waals surface area contributed by atoms with Gasteiger partial charge in [0, 0.05) is 18.8 Å². The highest BCUT2D eigenvalue weighted by atomic mass is 32.2. The van der Waals surface area contributed by atoms with Crippen molar-refractivity contribution in [3.63, 3.8) is 0 Å². The minimum Gasteiger partial charge on any atom is -0.314 e. The fraction of sp³-hybridized carbons (Fsp3) is 1.00. The molecule has 6 nitrogen and oxygen atoms in total. The molecule has 0 saturated heterocycles. The molecule has 0 spiro atoms. The second-order valence-corrected chi connectivity index (χ2v) is 9.45. The van der Waals surface area contributed by atoms with Crippen molar-refractivity contribution in [2.24, 2.45) is 0 Å². The third kappa shape index (κ3) is 7.24. The van der Waals surface area contributed by atoms with Crippen LogP contribution in [-0.4, -0.2) is 53.7 Å². The van der Waals surface area contributed by atoms with Crippen molar-refractivity contribution in [2.45, 2.75) is 43.4 Å². The summed E-state index contributed by atoms with van der Waals surface area (Å²) in [6, 6.07) is 0.228. The maximum atomic E-state index is 11.5. The second kappa shape index (κ2) is 7.01. The first-order valence-corrected chi connectivity index (χ1v) is 10.4. The summed E-state index contributed by atoms with van der Waals surface area (Å²) < 4.78 is 47.2. The van der Waals surface area contributed by atoms with Crippen LogP contribution in [0.4, 0.5) is 0 Å². The molecule has 1 rings (SSSR count). The van der Waals surface area contributed by atoms with Gasteiger partial charge in [0.2, 0.25) is 10.0 Å². The summed E-state index contributed by atoms with van der Waals surface area (Å²) in [6.45, 7) is 1.11. The molecule has 0 bridgehead atoms. The lowest BCUT2D eigenvalue weighted by atomic mass is 9.95. The number of nitrogens with one attached hydrogen (secondary N) is 2. The van der Waals surface area contributed by atoms with Crippen molar-refractivity contribution in [3.8, 4) is 0 Å². The molecule has 0 aromatic rings. The van der Waals surface area contributed by atoms with Crippen molar-refractivity contribution in [3.05, 3.63) is 0 Å². The van der Waals surface area contributed by atoms with Gasteiger partial charge in [0.05, 0.1) is 11.5 Å². The van der Waals surface area contributed by atoms with E-state index in [1.54, 1.807) is 0 Å². The second-order valence-electron chi connectivity index (χ2n) is 5.29. The summed E-state index contributed by atoms with van der Waals surface area (Å²) in [6.07, 6.45) is 6.48. The number of hydrogen-bond donors (Lipinski definition) is 2. The minimum atomic E-state index is -3.11. The zero-order valence-electron chi connectivity index (χ0n) is 11.6. The summed E-state index contributed by atoms with van der Waals surface area (Å²) >= 11 is 0. The molecular weight excluding hydrogens is 288 g/mol. The van der Waals surface area contributed by atoms with Gasteiger partial charge in [-0.2, -0.15) is 0 Å². The topological polar surface area (TPSA) is 92.3 Å². The molecule has 19 heavy (non-hydrogen) atoms. The highest BCUT2D eigenvalue weighted by Gasteiger charge is 2.28. The monoisotopic (exact) mass is 312 g/mol. The molecular formula is C11H24N2O4S2. The standard InChI is InChI=1S/C11H24N2O4S2/c1-18(14,15)11-6-3-5-10(9-11)12-7-4-8-13-19(2,16)17/h10-13H,3-9H2,1-2H3. The van der Waals surface area contributed by atoms with Gasteiger partial charge in [0.25, 0.3) is 0 Å². The van der Waals surface area contributed by atoms with E-state index in [0.29, 0.717) is 25.9 Å². The molecule has 2 N–H and O–H groups in total. The molecule has 0 aromatic carbocycles. The van der Waals surface area contributed by atoms with Crippen molar-refractivity contribution in [1.82, 2.24) is 10.0 Å². The number of hydrogen-bond acceptors (Lipinski definition) is 5. The van der Waals surface area contributed by atoms with E-state index in [1.165, 1.54) is 6.26 Å². The quantitative estimate of drug-likeness (QED) is 0.639. The Hall–Kier alpha value is -0.180. The lowest BCUT2D eigenvalue weighted by molar-refractivity contribution is 0.371. The molecule has 1 aliphatic carbocycles. The van der Waals surface area contributed by atoms with Crippen molar-refractivity contribution in [1.29, 1.82) is 0 Å². The molecule has 0 amide bonds. The van der Waals surface area contributed by atoms with Gasteiger partial charge in [-0.15, -0.1) is 0 Å². The van der Waals surface area contributed by atoms with Crippen LogP contribution in [0.5, 0.6) is 0 Å². The van der Waals surface area contributed by atoms with Crippen LogP contribution in [0, 0.1) is 0 Å². The maximum Gasteiger partial charge on any atom is 0.208 e. The maximum absolute atomic E-state index is 11.5. The summed E-state index contributed by atoms with van der Waals surface area (Å²) in [5, 5.41) is 3.08. The van der Waals surface area contributed by atoms with Gasteiger partial charge < -0.3 is 5.32 Å². The van der Waals surface area contributed by atoms with Crippen LogP contribution in [0.25, 0.3) is 0 Å². The van der Waals surface area contributed by atoms with Gasteiger partial charge in [0.15, 0.2) is 0 Å². The van der Waals surface area contributed by atoms with Gasteiger partial charge in [0.1, 0.15) is 9.84 Å². The van der Waals surface area contributed by atoms with Crippen molar-refractivity contribution < 1.29 is 16.8 Å². The third-order valence-corrected chi connectivity index (χ3v) is 5.75. The Morgan fingerprint density at radius 2 is 1.74 bits per heavy atom. The van der Waals surface area contributed by atoms with Crippen LogP contribution >= 0.6 is 0 Å².